The van der Waals surface area contributed by atoms with Crippen molar-refractivity contribution in [3.8, 4) is 0 Å². The van der Waals surface area contributed by atoms with E-state index in [1.165, 1.54) is 12.8 Å². The summed E-state index contributed by atoms with van der Waals surface area (Å²) in [6.07, 6.45) is 5.87. The van der Waals surface area contributed by atoms with Crippen LogP contribution in [0.25, 0.3) is 0 Å². The van der Waals surface area contributed by atoms with E-state index in [1.807, 2.05) is 13.8 Å². The number of oxime groups is 1. The van der Waals surface area contributed by atoms with Crippen LogP contribution in [0, 0.1) is 5.41 Å². The summed E-state index contributed by atoms with van der Waals surface area (Å²) in [5.74, 6) is 0.325. The zero-order chi connectivity index (χ0) is 14.3. The van der Waals surface area contributed by atoms with Crippen molar-refractivity contribution >= 4 is 5.84 Å². The predicted molar refractivity (Wildman–Crippen MR) is 77.5 cm³/mol. The van der Waals surface area contributed by atoms with Gasteiger partial charge in [0.05, 0.1) is 6.61 Å². The van der Waals surface area contributed by atoms with Gasteiger partial charge >= 0.3 is 0 Å². The van der Waals surface area contributed by atoms with Gasteiger partial charge in [-0.1, -0.05) is 25.4 Å². The Balaban J connectivity index is 2.21. The molecule has 19 heavy (non-hydrogen) atoms. The highest BCUT2D eigenvalue weighted by Crippen LogP contribution is 2.28. The molecule has 1 rings (SSSR count). The van der Waals surface area contributed by atoms with Crippen molar-refractivity contribution in [3.05, 3.63) is 0 Å². The summed E-state index contributed by atoms with van der Waals surface area (Å²) < 4.78 is 5.16. The predicted octanol–water partition coefficient (Wildman–Crippen LogP) is 2.04. The fraction of sp³-hybridized carbons (Fsp3) is 0.929. The van der Waals surface area contributed by atoms with E-state index in [0.29, 0.717) is 5.84 Å². The second-order valence-corrected chi connectivity index (χ2v) is 6.09. The van der Waals surface area contributed by atoms with Gasteiger partial charge < -0.3 is 15.7 Å². The zero-order valence-electron chi connectivity index (χ0n) is 12.6. The molecule has 1 aliphatic carbocycles. The van der Waals surface area contributed by atoms with Gasteiger partial charge in [0.25, 0.3) is 0 Å². The molecule has 0 heterocycles. The zero-order valence-corrected chi connectivity index (χ0v) is 12.6. The molecule has 0 amide bonds. The average molecular weight is 271 g/mol. The topological polar surface area (TPSA) is 71.1 Å². The van der Waals surface area contributed by atoms with Gasteiger partial charge in [-0.15, -0.1) is 0 Å². The van der Waals surface area contributed by atoms with Crippen LogP contribution in [0.15, 0.2) is 5.16 Å². The van der Waals surface area contributed by atoms with Crippen molar-refractivity contribution in [3.63, 3.8) is 0 Å². The van der Waals surface area contributed by atoms with Crippen molar-refractivity contribution in [1.82, 2.24) is 4.90 Å². The maximum absolute atomic E-state index is 8.73. The number of nitrogens with zero attached hydrogens (tertiary/aromatic N) is 2. The molecule has 0 spiro atoms. The summed E-state index contributed by atoms with van der Waals surface area (Å²) in [7, 11) is 1.75. The SMILES string of the molecule is COCCN(CCCCC(C)(C)C(N)=NO)C1CC1. The van der Waals surface area contributed by atoms with Gasteiger partial charge in [-0.3, -0.25) is 4.90 Å². The molecule has 0 unspecified atom stereocenters. The van der Waals surface area contributed by atoms with Crippen molar-refractivity contribution in [2.75, 3.05) is 26.8 Å². The average Bonchev–Trinajstić information content (AvgIpc) is 3.21. The third kappa shape index (κ3) is 5.78. The molecule has 0 atom stereocenters. The number of hydrogen-bond acceptors (Lipinski definition) is 4. The Morgan fingerprint density at radius 3 is 2.58 bits per heavy atom. The van der Waals surface area contributed by atoms with Crippen molar-refractivity contribution in [1.29, 1.82) is 0 Å². The number of rotatable bonds is 10. The molecule has 0 aromatic rings. The highest BCUT2D eigenvalue weighted by molar-refractivity contribution is 5.85. The first-order valence-electron chi connectivity index (χ1n) is 7.22. The fourth-order valence-electron chi connectivity index (χ4n) is 2.27. The van der Waals surface area contributed by atoms with Crippen molar-refractivity contribution in [2.24, 2.45) is 16.3 Å². The van der Waals surface area contributed by atoms with Gasteiger partial charge in [0.15, 0.2) is 0 Å². The summed E-state index contributed by atoms with van der Waals surface area (Å²) in [4.78, 5) is 2.53. The molecular weight excluding hydrogens is 242 g/mol. The molecule has 1 fully saturated rings. The molecule has 0 aliphatic heterocycles. The van der Waals surface area contributed by atoms with E-state index in [1.54, 1.807) is 7.11 Å². The number of ether oxygens (including phenoxy) is 1. The lowest BCUT2D eigenvalue weighted by atomic mass is 9.86. The normalized spacial score (nSPS) is 17.2. The van der Waals surface area contributed by atoms with E-state index >= 15 is 0 Å². The highest BCUT2D eigenvalue weighted by Gasteiger charge is 2.28. The Bertz CT molecular complexity index is 288. The number of unbranched alkanes of at least 4 members (excludes halogenated alkanes) is 1. The Morgan fingerprint density at radius 1 is 1.37 bits per heavy atom. The molecule has 0 aromatic heterocycles. The lowest BCUT2D eigenvalue weighted by Crippen LogP contribution is -2.33. The summed E-state index contributed by atoms with van der Waals surface area (Å²) in [5.41, 5.74) is 5.47. The van der Waals surface area contributed by atoms with E-state index in [-0.39, 0.29) is 5.41 Å². The minimum atomic E-state index is -0.217. The van der Waals surface area contributed by atoms with E-state index in [2.05, 4.69) is 10.1 Å². The number of hydrogen-bond donors (Lipinski definition) is 2. The quantitative estimate of drug-likeness (QED) is 0.210. The number of nitrogens with two attached hydrogens (primary N) is 1. The Hall–Kier alpha value is -0.810. The van der Waals surface area contributed by atoms with Crippen LogP contribution < -0.4 is 5.73 Å². The lowest BCUT2D eigenvalue weighted by Gasteiger charge is -2.24. The minimum Gasteiger partial charge on any atom is -0.409 e. The molecule has 0 bridgehead atoms. The second-order valence-electron chi connectivity index (χ2n) is 6.09. The first kappa shape index (κ1) is 16.2. The Morgan fingerprint density at radius 2 is 2.05 bits per heavy atom. The summed E-state index contributed by atoms with van der Waals surface area (Å²) >= 11 is 0. The van der Waals surface area contributed by atoms with Crippen LogP contribution in [0.4, 0.5) is 0 Å². The van der Waals surface area contributed by atoms with Crippen LogP contribution in [0.5, 0.6) is 0 Å². The molecule has 5 heteroatoms. The van der Waals surface area contributed by atoms with E-state index < -0.39 is 0 Å². The molecule has 112 valence electrons. The number of methoxy groups -OCH3 is 1. The summed E-state index contributed by atoms with van der Waals surface area (Å²) in [5, 5.41) is 11.9. The first-order chi connectivity index (χ1) is 9.01. The molecule has 1 saturated carbocycles. The molecule has 1 aliphatic rings. The van der Waals surface area contributed by atoms with Crippen LogP contribution >= 0.6 is 0 Å². The second kappa shape index (κ2) is 7.70. The van der Waals surface area contributed by atoms with E-state index in [9.17, 15) is 0 Å². The van der Waals surface area contributed by atoms with E-state index in [4.69, 9.17) is 15.7 Å². The standard InChI is InChI=1S/C14H29N3O2/c1-14(2,13(15)16-18)8-4-5-9-17(10-11-19-3)12-6-7-12/h12,18H,4-11H2,1-3H3,(H2,15,16). The largest absolute Gasteiger partial charge is 0.409 e. The highest BCUT2D eigenvalue weighted by atomic mass is 16.5. The Labute approximate surface area is 116 Å². The maximum Gasteiger partial charge on any atom is 0.144 e. The first-order valence-corrected chi connectivity index (χ1v) is 7.22. The fourth-order valence-corrected chi connectivity index (χ4v) is 2.27. The van der Waals surface area contributed by atoms with Crippen molar-refractivity contribution < 1.29 is 9.94 Å². The van der Waals surface area contributed by atoms with Gasteiger partial charge in [0.2, 0.25) is 0 Å². The third-order valence-corrected chi connectivity index (χ3v) is 3.94. The van der Waals surface area contributed by atoms with Crippen molar-refractivity contribution in [2.45, 2.75) is 52.0 Å². The van der Waals surface area contributed by atoms with Crippen LogP contribution in [-0.4, -0.2) is 48.8 Å². The summed E-state index contributed by atoms with van der Waals surface area (Å²) in [6.45, 7) is 7.01. The van der Waals surface area contributed by atoms with Gasteiger partial charge in [0.1, 0.15) is 5.84 Å². The monoisotopic (exact) mass is 271 g/mol. The van der Waals surface area contributed by atoms with Crippen LogP contribution in [0.1, 0.15) is 46.0 Å². The third-order valence-electron chi connectivity index (χ3n) is 3.94. The van der Waals surface area contributed by atoms with Crippen LogP contribution in [0.3, 0.4) is 0 Å². The van der Waals surface area contributed by atoms with Gasteiger partial charge in [0, 0.05) is 25.1 Å². The van der Waals surface area contributed by atoms with Crippen LogP contribution in [-0.2, 0) is 4.74 Å². The lowest BCUT2D eigenvalue weighted by molar-refractivity contribution is 0.141. The molecule has 0 saturated heterocycles. The molecule has 0 aromatic carbocycles. The summed E-state index contributed by atoms with van der Waals surface area (Å²) in [6, 6.07) is 0.784. The van der Waals surface area contributed by atoms with Gasteiger partial charge in [-0.2, -0.15) is 0 Å². The van der Waals surface area contributed by atoms with Crippen LogP contribution in [0.2, 0.25) is 0 Å². The van der Waals surface area contributed by atoms with Gasteiger partial charge in [-0.05, 0) is 32.2 Å². The molecule has 0 radical (unpaired) electrons. The van der Waals surface area contributed by atoms with E-state index in [0.717, 1.165) is 45.0 Å². The molecule has 3 N–H and O–H groups in total. The smallest absolute Gasteiger partial charge is 0.144 e. The minimum absolute atomic E-state index is 0.217. The Kier molecular flexibility index (Phi) is 6.58. The molecule has 5 nitrogen and oxygen atoms in total. The number of amidine groups is 1. The molecular formula is C14H29N3O2. The van der Waals surface area contributed by atoms with Gasteiger partial charge in [-0.25, -0.2) is 0 Å². The maximum atomic E-state index is 8.73.